The molecule has 4 rings (SSSR count). The first-order chi connectivity index (χ1) is 15.9. The number of fused-ring (bicyclic) bond motifs is 1. The fraction of sp³-hybridized carbons (Fsp3) is 0.478. The van der Waals surface area contributed by atoms with Gasteiger partial charge in [0.25, 0.3) is 0 Å². The molecular weight excluding hydrogens is 535 g/mol. The van der Waals surface area contributed by atoms with Crippen molar-refractivity contribution in [3.8, 4) is 0 Å². The molecule has 1 unspecified atom stereocenters. The largest absolute Gasteiger partial charge is 0.414 e. The van der Waals surface area contributed by atoms with Crippen molar-refractivity contribution in [2.24, 2.45) is 5.92 Å². The van der Waals surface area contributed by atoms with Gasteiger partial charge < -0.3 is 10.2 Å². The highest BCUT2D eigenvalue weighted by Gasteiger charge is 2.47. The van der Waals surface area contributed by atoms with Crippen LogP contribution in [0.2, 0.25) is 0 Å². The second-order valence-corrected chi connectivity index (χ2v) is 12.2. The van der Waals surface area contributed by atoms with Crippen molar-refractivity contribution in [2.75, 3.05) is 23.9 Å². The molecule has 0 bridgehead atoms. The number of sulfone groups is 1. The van der Waals surface area contributed by atoms with Gasteiger partial charge in [0.2, 0.25) is 5.91 Å². The van der Waals surface area contributed by atoms with Crippen molar-refractivity contribution in [1.29, 1.82) is 0 Å². The predicted octanol–water partition coefficient (Wildman–Crippen LogP) is 4.31. The van der Waals surface area contributed by atoms with Gasteiger partial charge >= 0.3 is 6.18 Å². The number of pyridine rings is 1. The third-order valence-electron chi connectivity index (χ3n) is 6.49. The van der Waals surface area contributed by atoms with Crippen molar-refractivity contribution in [3.05, 3.63) is 57.8 Å². The van der Waals surface area contributed by atoms with Crippen LogP contribution >= 0.6 is 15.9 Å². The molecule has 11 heteroatoms. The number of nitrogens with one attached hydrogen (secondary N) is 1. The molecule has 2 aromatic rings. The van der Waals surface area contributed by atoms with Gasteiger partial charge in [-0.3, -0.25) is 9.78 Å². The van der Waals surface area contributed by atoms with Crippen LogP contribution in [0, 0.1) is 5.92 Å². The highest BCUT2D eigenvalue weighted by atomic mass is 79.9. The molecule has 2 atom stereocenters. The van der Waals surface area contributed by atoms with E-state index in [0.717, 1.165) is 24.4 Å². The fourth-order valence-electron chi connectivity index (χ4n) is 4.71. The van der Waals surface area contributed by atoms with E-state index in [-0.39, 0.29) is 36.1 Å². The summed E-state index contributed by atoms with van der Waals surface area (Å²) in [5.41, 5.74) is 2.78. The number of benzene rings is 1. The number of nitrogens with zero attached hydrogens (tertiary/aromatic N) is 2. The molecule has 1 aliphatic heterocycles. The molecule has 1 aromatic carbocycles. The fourth-order valence-corrected chi connectivity index (χ4v) is 6.61. The van der Waals surface area contributed by atoms with Crippen LogP contribution in [0.4, 0.5) is 18.9 Å². The van der Waals surface area contributed by atoms with Crippen LogP contribution in [-0.4, -0.2) is 55.0 Å². The molecule has 1 amide bonds. The number of halogens is 4. The Hall–Kier alpha value is -2.14. The Labute approximate surface area is 205 Å². The van der Waals surface area contributed by atoms with Crippen molar-refractivity contribution < 1.29 is 26.4 Å². The number of carbonyl (C=O) groups excluding carboxylic acids is 1. The zero-order valence-corrected chi connectivity index (χ0v) is 20.9. The number of rotatable bonds is 5. The number of anilines is 1. The van der Waals surface area contributed by atoms with Crippen molar-refractivity contribution in [1.82, 2.24) is 9.88 Å². The summed E-state index contributed by atoms with van der Waals surface area (Å²) >= 11 is 3.46. The average Bonchev–Trinajstić information content (AvgIpc) is 3.15. The smallest absolute Gasteiger partial charge is 0.380 e. The lowest BCUT2D eigenvalue weighted by molar-refractivity contribution is -0.191. The van der Waals surface area contributed by atoms with Gasteiger partial charge in [-0.25, -0.2) is 8.42 Å². The number of aromatic nitrogens is 1. The van der Waals surface area contributed by atoms with Gasteiger partial charge in [-0.15, -0.1) is 0 Å². The zero-order chi connectivity index (χ0) is 24.7. The number of carbonyl (C=O) groups is 1. The van der Waals surface area contributed by atoms with Crippen LogP contribution in [0.1, 0.15) is 35.7 Å². The molecule has 0 saturated carbocycles. The summed E-state index contributed by atoms with van der Waals surface area (Å²) in [6, 6.07) is 6.85. The first kappa shape index (κ1) is 25.0. The van der Waals surface area contributed by atoms with E-state index in [1.54, 1.807) is 6.07 Å². The normalized spacial score (nSPS) is 21.0. The summed E-state index contributed by atoms with van der Waals surface area (Å²) < 4.78 is 66.1. The molecule has 1 N–H and O–H groups in total. The summed E-state index contributed by atoms with van der Waals surface area (Å²) in [5, 5.41) is 3.33. The van der Waals surface area contributed by atoms with E-state index in [1.165, 1.54) is 23.4 Å². The van der Waals surface area contributed by atoms with Gasteiger partial charge in [-0.1, -0.05) is 22.0 Å². The molecule has 1 aliphatic carbocycles. The molecule has 0 radical (unpaired) electrons. The van der Waals surface area contributed by atoms with Crippen molar-refractivity contribution in [2.45, 2.75) is 43.9 Å². The number of alkyl halides is 3. The summed E-state index contributed by atoms with van der Waals surface area (Å²) in [5.74, 6) is -1.83. The van der Waals surface area contributed by atoms with Crippen LogP contribution in [0.3, 0.4) is 0 Å². The van der Waals surface area contributed by atoms with Gasteiger partial charge in [-0.05, 0) is 61.1 Å². The lowest BCUT2D eigenvalue weighted by Crippen LogP contribution is -2.44. The molecule has 184 valence electrons. The minimum absolute atomic E-state index is 0.0344. The van der Waals surface area contributed by atoms with Gasteiger partial charge in [-0.2, -0.15) is 13.2 Å². The monoisotopic (exact) mass is 559 g/mol. The summed E-state index contributed by atoms with van der Waals surface area (Å²) in [4.78, 5) is 17.5. The molecule has 0 spiro atoms. The lowest BCUT2D eigenvalue weighted by atomic mass is 9.99. The van der Waals surface area contributed by atoms with Gasteiger partial charge in [0, 0.05) is 23.5 Å². The van der Waals surface area contributed by atoms with Crippen LogP contribution in [0.5, 0.6) is 0 Å². The topological polar surface area (TPSA) is 79.4 Å². The van der Waals surface area contributed by atoms with E-state index in [9.17, 15) is 26.4 Å². The highest BCUT2D eigenvalue weighted by Crippen LogP contribution is 2.38. The predicted molar refractivity (Wildman–Crippen MR) is 126 cm³/mol. The molecule has 34 heavy (non-hydrogen) atoms. The van der Waals surface area contributed by atoms with E-state index in [1.807, 2.05) is 6.07 Å². The SMILES string of the molecule is CN(C(=O)C1CCS(=O)(=O)CC1)[C@@H](c1ccc(NC2Cc3ccc(Br)cc3C2)cn1)C(F)(F)F. The quantitative estimate of drug-likeness (QED) is 0.590. The van der Waals surface area contributed by atoms with E-state index in [4.69, 9.17) is 0 Å². The Kier molecular flexibility index (Phi) is 6.97. The van der Waals surface area contributed by atoms with E-state index >= 15 is 0 Å². The maximum Gasteiger partial charge on any atom is 0.414 e. The Balaban J connectivity index is 1.45. The van der Waals surface area contributed by atoms with Gasteiger partial charge in [0.1, 0.15) is 9.84 Å². The second-order valence-electron chi connectivity index (χ2n) is 8.95. The number of hydrogen-bond acceptors (Lipinski definition) is 5. The maximum absolute atomic E-state index is 14.0. The molecule has 1 aromatic heterocycles. The Morgan fingerprint density at radius 2 is 1.82 bits per heavy atom. The first-order valence-corrected chi connectivity index (χ1v) is 13.6. The molecular formula is C23H25BrF3N3O3S. The van der Waals surface area contributed by atoms with Gasteiger partial charge in [0.15, 0.2) is 6.04 Å². The first-order valence-electron chi connectivity index (χ1n) is 11.0. The minimum atomic E-state index is -4.73. The van der Waals surface area contributed by atoms with Gasteiger partial charge in [0.05, 0.1) is 29.1 Å². The van der Waals surface area contributed by atoms with Crippen molar-refractivity contribution in [3.63, 3.8) is 0 Å². The Morgan fingerprint density at radius 3 is 2.44 bits per heavy atom. The van der Waals surface area contributed by atoms with Crippen LogP contribution in [-0.2, 0) is 27.5 Å². The minimum Gasteiger partial charge on any atom is -0.380 e. The van der Waals surface area contributed by atoms with E-state index in [2.05, 4.69) is 38.4 Å². The van der Waals surface area contributed by atoms with Crippen LogP contribution in [0.15, 0.2) is 41.0 Å². The third-order valence-corrected chi connectivity index (χ3v) is 8.70. The van der Waals surface area contributed by atoms with E-state index in [0.29, 0.717) is 10.6 Å². The third kappa shape index (κ3) is 5.56. The highest BCUT2D eigenvalue weighted by molar-refractivity contribution is 9.10. The van der Waals surface area contributed by atoms with Crippen molar-refractivity contribution >= 4 is 37.4 Å². The average molecular weight is 560 g/mol. The molecule has 6 nitrogen and oxygen atoms in total. The Morgan fingerprint density at radius 1 is 1.15 bits per heavy atom. The second kappa shape index (κ2) is 9.49. The Bertz CT molecular complexity index is 1160. The lowest BCUT2D eigenvalue weighted by Gasteiger charge is -2.33. The number of hydrogen-bond donors (Lipinski definition) is 1. The summed E-state index contributed by atoms with van der Waals surface area (Å²) in [7, 11) is -2.12. The van der Waals surface area contributed by atoms with Crippen LogP contribution < -0.4 is 5.32 Å². The van der Waals surface area contributed by atoms with Crippen LogP contribution in [0.25, 0.3) is 0 Å². The maximum atomic E-state index is 14.0. The molecule has 1 saturated heterocycles. The number of amides is 1. The molecule has 1 fully saturated rings. The summed E-state index contributed by atoms with van der Waals surface area (Å²) in [6.07, 6.45) is -1.69. The molecule has 2 aliphatic rings. The standard InChI is InChI=1S/C23H25BrF3N3O3S/c1-30(22(31)14-6-8-34(32,33)9-7-14)21(23(25,26)27)20-5-4-18(13-28-20)29-19-11-15-2-3-17(24)10-16(15)12-19/h2-5,10,13-14,19,21,29H,6-9,11-12H2,1H3/t19?,21-/m0/s1. The summed E-state index contributed by atoms with van der Waals surface area (Å²) in [6.45, 7) is 0. The molecule has 2 heterocycles. The van der Waals surface area contributed by atoms with E-state index < -0.39 is 33.9 Å². The zero-order valence-electron chi connectivity index (χ0n) is 18.5.